The number of halogens is 2. The van der Waals surface area contributed by atoms with Gasteiger partial charge in [0.2, 0.25) is 0 Å². The fraction of sp³-hybridized carbons (Fsp3) is 0.500. The van der Waals surface area contributed by atoms with Gasteiger partial charge in [-0.05, 0) is 0 Å². The zero-order valence-electron chi connectivity index (χ0n) is 4.39. The van der Waals surface area contributed by atoms with Crippen LogP contribution in [-0.4, -0.2) is 21.9 Å². The maximum atomic E-state index is 5.28. The number of ether oxygens (including phenoxy) is 1. The predicted molar refractivity (Wildman–Crippen MR) is 47.7 cm³/mol. The molecule has 0 aromatic rings. The SMILES string of the molecule is S=C(Cl)COCC(=S)Cl. The summed E-state index contributed by atoms with van der Waals surface area (Å²) in [4.78, 5) is 0. The molecule has 1 nitrogen and oxygen atoms in total. The van der Waals surface area contributed by atoms with Crippen LogP contribution >= 0.6 is 47.6 Å². The van der Waals surface area contributed by atoms with Crippen LogP contribution in [0.5, 0.6) is 0 Å². The van der Waals surface area contributed by atoms with Crippen molar-refractivity contribution in [1.29, 1.82) is 0 Å². The first-order chi connectivity index (χ1) is 4.13. The largest absolute Gasteiger partial charge is 0.368 e. The summed E-state index contributed by atoms with van der Waals surface area (Å²) in [5.74, 6) is 0. The predicted octanol–water partition coefficient (Wildman–Crippen LogP) is 2.14. The van der Waals surface area contributed by atoms with E-state index in [1.54, 1.807) is 0 Å². The van der Waals surface area contributed by atoms with Crippen molar-refractivity contribution in [2.75, 3.05) is 13.2 Å². The highest BCUT2D eigenvalue weighted by atomic mass is 35.5. The van der Waals surface area contributed by atoms with Crippen molar-refractivity contribution >= 4 is 56.3 Å². The molecule has 0 atom stereocenters. The fourth-order valence-electron chi connectivity index (χ4n) is 0.212. The molecule has 0 fully saturated rings. The molecule has 0 aliphatic rings. The molecule has 0 aliphatic heterocycles. The van der Waals surface area contributed by atoms with Gasteiger partial charge in [-0.2, -0.15) is 0 Å². The first-order valence-electron chi connectivity index (χ1n) is 2.07. The lowest BCUT2D eigenvalue weighted by atomic mass is 10.8. The first-order valence-corrected chi connectivity index (χ1v) is 3.64. The summed E-state index contributed by atoms with van der Waals surface area (Å²) in [7, 11) is 0. The van der Waals surface area contributed by atoms with Gasteiger partial charge < -0.3 is 4.74 Å². The van der Waals surface area contributed by atoms with Gasteiger partial charge in [-0.25, -0.2) is 0 Å². The molecular formula is C4H4Cl2OS2. The third-order valence-electron chi connectivity index (χ3n) is 0.431. The summed E-state index contributed by atoms with van der Waals surface area (Å²) in [6, 6.07) is 0. The number of hydrogen-bond acceptors (Lipinski definition) is 3. The molecule has 0 rings (SSSR count). The molecule has 0 aliphatic carbocycles. The van der Waals surface area contributed by atoms with E-state index in [-0.39, 0.29) is 21.9 Å². The Morgan fingerprint density at radius 1 is 1.11 bits per heavy atom. The van der Waals surface area contributed by atoms with Crippen molar-refractivity contribution in [3.05, 3.63) is 0 Å². The third kappa shape index (κ3) is 8.72. The fourth-order valence-corrected chi connectivity index (χ4v) is 0.532. The van der Waals surface area contributed by atoms with Crippen LogP contribution in [-0.2, 0) is 4.74 Å². The van der Waals surface area contributed by atoms with Crippen molar-refractivity contribution in [3.8, 4) is 0 Å². The Bertz CT molecular complexity index is 112. The first kappa shape index (κ1) is 9.72. The van der Waals surface area contributed by atoms with Crippen LogP contribution in [0.1, 0.15) is 0 Å². The quantitative estimate of drug-likeness (QED) is 0.511. The maximum Gasteiger partial charge on any atom is 0.107 e. The molecule has 0 radical (unpaired) electrons. The van der Waals surface area contributed by atoms with E-state index in [9.17, 15) is 0 Å². The zero-order valence-corrected chi connectivity index (χ0v) is 7.54. The average molecular weight is 203 g/mol. The minimum Gasteiger partial charge on any atom is -0.368 e. The number of rotatable bonds is 4. The van der Waals surface area contributed by atoms with Gasteiger partial charge in [-0.1, -0.05) is 47.6 Å². The van der Waals surface area contributed by atoms with Crippen LogP contribution < -0.4 is 0 Å². The summed E-state index contributed by atoms with van der Waals surface area (Å²) in [6.45, 7) is 0.452. The summed E-state index contributed by atoms with van der Waals surface area (Å²) in [6.07, 6.45) is 0. The molecule has 0 amide bonds. The van der Waals surface area contributed by atoms with Crippen molar-refractivity contribution in [1.82, 2.24) is 0 Å². The Labute approximate surface area is 74.3 Å². The van der Waals surface area contributed by atoms with E-state index < -0.39 is 0 Å². The Balaban J connectivity index is 3.10. The van der Waals surface area contributed by atoms with E-state index in [0.717, 1.165) is 0 Å². The Hall–Kier alpha value is 0.720. The molecule has 0 bridgehead atoms. The van der Waals surface area contributed by atoms with Gasteiger partial charge in [0.15, 0.2) is 0 Å². The average Bonchev–Trinajstić information content (AvgIpc) is 1.63. The summed E-state index contributed by atoms with van der Waals surface area (Å²) in [5, 5.41) is 0. The lowest BCUT2D eigenvalue weighted by Gasteiger charge is -1.96. The van der Waals surface area contributed by atoms with Crippen molar-refractivity contribution in [2.45, 2.75) is 0 Å². The van der Waals surface area contributed by atoms with Crippen molar-refractivity contribution < 1.29 is 4.74 Å². The third-order valence-corrected chi connectivity index (χ3v) is 0.885. The van der Waals surface area contributed by atoms with E-state index in [0.29, 0.717) is 0 Å². The van der Waals surface area contributed by atoms with Gasteiger partial charge in [0, 0.05) is 0 Å². The molecule has 0 unspecified atom stereocenters. The van der Waals surface area contributed by atoms with E-state index in [1.165, 1.54) is 0 Å². The van der Waals surface area contributed by atoms with Gasteiger partial charge in [0.05, 0.1) is 13.2 Å². The highest BCUT2D eigenvalue weighted by Gasteiger charge is 1.92. The monoisotopic (exact) mass is 202 g/mol. The van der Waals surface area contributed by atoms with E-state index in [2.05, 4.69) is 24.4 Å². The van der Waals surface area contributed by atoms with Crippen LogP contribution in [0, 0.1) is 0 Å². The van der Waals surface area contributed by atoms with Crippen LogP contribution in [0.4, 0.5) is 0 Å². The van der Waals surface area contributed by atoms with E-state index in [1.807, 2.05) is 0 Å². The molecule has 0 heterocycles. The van der Waals surface area contributed by atoms with Crippen molar-refractivity contribution in [2.24, 2.45) is 0 Å². The van der Waals surface area contributed by atoms with Gasteiger partial charge >= 0.3 is 0 Å². The number of hydrogen-bond donors (Lipinski definition) is 0. The van der Waals surface area contributed by atoms with Crippen LogP contribution in [0.3, 0.4) is 0 Å². The second kappa shape index (κ2) is 5.50. The highest BCUT2D eigenvalue weighted by Crippen LogP contribution is 1.90. The zero-order chi connectivity index (χ0) is 7.28. The standard InChI is InChI=1S/C4H4Cl2OS2/c5-3(8)1-7-2-4(6)9/h1-2H2. The van der Waals surface area contributed by atoms with Gasteiger partial charge in [0.25, 0.3) is 0 Å². The summed E-state index contributed by atoms with van der Waals surface area (Å²) >= 11 is 19.6. The minimum atomic E-state index is 0.226. The smallest absolute Gasteiger partial charge is 0.107 e. The lowest BCUT2D eigenvalue weighted by Crippen LogP contribution is -2.04. The van der Waals surface area contributed by atoms with Crippen LogP contribution in [0.15, 0.2) is 0 Å². The summed E-state index contributed by atoms with van der Waals surface area (Å²) < 4.78 is 5.37. The van der Waals surface area contributed by atoms with Crippen LogP contribution in [0.25, 0.3) is 0 Å². The molecule has 9 heavy (non-hydrogen) atoms. The Morgan fingerprint density at radius 2 is 1.44 bits per heavy atom. The molecule has 5 heteroatoms. The topological polar surface area (TPSA) is 9.23 Å². The molecule has 0 N–H and O–H groups in total. The van der Waals surface area contributed by atoms with Crippen LogP contribution in [0.2, 0.25) is 0 Å². The summed E-state index contributed by atoms with van der Waals surface area (Å²) in [5.41, 5.74) is 0. The van der Waals surface area contributed by atoms with Crippen molar-refractivity contribution in [3.63, 3.8) is 0 Å². The molecular weight excluding hydrogens is 199 g/mol. The second-order valence-electron chi connectivity index (χ2n) is 1.20. The maximum absolute atomic E-state index is 5.28. The molecule has 0 aromatic carbocycles. The van der Waals surface area contributed by atoms with Gasteiger partial charge in [0.1, 0.15) is 8.65 Å². The second-order valence-corrected chi connectivity index (χ2v) is 3.55. The minimum absolute atomic E-state index is 0.226. The van der Waals surface area contributed by atoms with Gasteiger partial charge in [-0.3, -0.25) is 0 Å². The normalized spacial score (nSPS) is 9.11. The molecule has 52 valence electrons. The molecule has 0 aromatic heterocycles. The van der Waals surface area contributed by atoms with E-state index >= 15 is 0 Å². The van der Waals surface area contributed by atoms with Gasteiger partial charge in [-0.15, -0.1) is 0 Å². The Morgan fingerprint density at radius 3 is 1.67 bits per heavy atom. The molecule has 0 spiro atoms. The Kier molecular flexibility index (Phi) is 5.94. The van der Waals surface area contributed by atoms with E-state index in [4.69, 9.17) is 27.9 Å². The highest BCUT2D eigenvalue weighted by molar-refractivity contribution is 7.83. The molecule has 0 saturated heterocycles. The number of thiocarbonyl (C=S) groups is 2. The lowest BCUT2D eigenvalue weighted by molar-refractivity contribution is 0.221. The molecule has 0 saturated carbocycles.